The summed E-state index contributed by atoms with van der Waals surface area (Å²) in [6.07, 6.45) is 0.0423. The fourth-order valence-electron chi connectivity index (χ4n) is 2.07. The highest BCUT2D eigenvalue weighted by atomic mass is 28.4. The van der Waals surface area contributed by atoms with Gasteiger partial charge in [0.25, 0.3) is 0 Å². The summed E-state index contributed by atoms with van der Waals surface area (Å²) in [6, 6.07) is 0. The van der Waals surface area contributed by atoms with Gasteiger partial charge in [0.05, 0.1) is 6.10 Å². The zero-order valence-electron chi connectivity index (χ0n) is 18.4. The van der Waals surface area contributed by atoms with Crippen LogP contribution in [0.25, 0.3) is 0 Å². The first-order valence-corrected chi connectivity index (χ1v) is 15.2. The lowest BCUT2D eigenvalue weighted by molar-refractivity contribution is 0.0263. The maximum atomic E-state index is 9.71. The average Bonchev–Trinajstić information content (AvgIpc) is 2.38. The highest BCUT2D eigenvalue weighted by molar-refractivity contribution is 6.74. The van der Waals surface area contributed by atoms with Gasteiger partial charge in [-0.2, -0.15) is 0 Å². The summed E-state index contributed by atoms with van der Waals surface area (Å²) in [6.45, 7) is 27.9. The summed E-state index contributed by atoms with van der Waals surface area (Å²) in [5.74, 6) is 0.396. The second-order valence-corrected chi connectivity index (χ2v) is 20.1. The molecule has 0 aromatic heterocycles. The topological polar surface area (TPSA) is 38.7 Å². The molecule has 0 aliphatic rings. The van der Waals surface area contributed by atoms with Crippen LogP contribution in [0.3, 0.4) is 0 Å². The monoisotopic (exact) mass is 376 g/mol. The number of rotatable bonds is 8. The van der Waals surface area contributed by atoms with Crippen LogP contribution in [0.15, 0.2) is 0 Å². The van der Waals surface area contributed by atoms with Crippen LogP contribution in [-0.4, -0.2) is 41.1 Å². The van der Waals surface area contributed by atoms with Crippen molar-refractivity contribution in [2.24, 2.45) is 11.8 Å². The van der Waals surface area contributed by atoms with E-state index in [0.29, 0.717) is 6.61 Å². The zero-order chi connectivity index (χ0) is 19.6. The van der Waals surface area contributed by atoms with Gasteiger partial charge in [-0.05, 0) is 36.3 Å². The van der Waals surface area contributed by atoms with Gasteiger partial charge in [-0.15, -0.1) is 0 Å². The van der Waals surface area contributed by atoms with Crippen molar-refractivity contribution < 1.29 is 14.0 Å². The molecular weight excluding hydrogens is 332 g/mol. The third kappa shape index (κ3) is 6.56. The summed E-state index contributed by atoms with van der Waals surface area (Å²) < 4.78 is 13.1. The molecule has 1 N–H and O–H groups in total. The van der Waals surface area contributed by atoms with Crippen molar-refractivity contribution in [3.63, 3.8) is 0 Å². The van der Waals surface area contributed by atoms with Gasteiger partial charge < -0.3 is 14.0 Å². The van der Waals surface area contributed by atoms with Crippen LogP contribution in [0, 0.1) is 11.8 Å². The van der Waals surface area contributed by atoms with Crippen molar-refractivity contribution in [1.82, 2.24) is 0 Å². The van der Waals surface area contributed by atoms with Gasteiger partial charge in [-0.25, -0.2) is 0 Å². The van der Waals surface area contributed by atoms with Crippen LogP contribution >= 0.6 is 0 Å². The van der Waals surface area contributed by atoms with Gasteiger partial charge in [-0.3, -0.25) is 0 Å². The van der Waals surface area contributed by atoms with E-state index < -0.39 is 16.6 Å². The molecule has 0 spiro atoms. The fraction of sp³-hybridized carbons (Fsp3) is 1.00. The number of hydrogen-bond donors (Lipinski definition) is 1. The maximum Gasteiger partial charge on any atom is 0.192 e. The molecule has 0 rings (SSSR count). The molecule has 0 amide bonds. The van der Waals surface area contributed by atoms with Crippen molar-refractivity contribution in [2.45, 2.75) is 97.8 Å². The summed E-state index contributed by atoms with van der Waals surface area (Å²) in [5.41, 5.74) is 0. The van der Waals surface area contributed by atoms with Gasteiger partial charge in [0.2, 0.25) is 0 Å². The highest BCUT2D eigenvalue weighted by Gasteiger charge is 2.42. The molecule has 0 aromatic rings. The Morgan fingerprint density at radius 2 is 1.21 bits per heavy atom. The van der Waals surface area contributed by atoms with Crippen molar-refractivity contribution in [3.05, 3.63) is 0 Å². The van der Waals surface area contributed by atoms with E-state index in [2.05, 4.69) is 81.6 Å². The SMILES string of the molecule is CC(CO)[C@H](O[Si](C)(C)C(C)(C)C)[C@@H](C)CO[Si](C)(C)C(C)(C)C. The van der Waals surface area contributed by atoms with E-state index in [1.54, 1.807) is 0 Å². The summed E-state index contributed by atoms with van der Waals surface area (Å²) in [7, 11) is -3.64. The van der Waals surface area contributed by atoms with E-state index in [-0.39, 0.29) is 34.6 Å². The van der Waals surface area contributed by atoms with Crippen molar-refractivity contribution in [1.29, 1.82) is 0 Å². The van der Waals surface area contributed by atoms with Crippen LogP contribution in [0.1, 0.15) is 55.4 Å². The predicted molar refractivity (Wildman–Crippen MR) is 111 cm³/mol. The molecule has 0 saturated carbocycles. The summed E-state index contributed by atoms with van der Waals surface area (Å²) >= 11 is 0. The predicted octanol–water partition coefficient (Wildman–Crippen LogP) is 5.66. The van der Waals surface area contributed by atoms with Crippen LogP contribution in [0.2, 0.25) is 36.3 Å². The lowest BCUT2D eigenvalue weighted by atomic mass is 9.95. The van der Waals surface area contributed by atoms with Crippen LogP contribution in [0.5, 0.6) is 0 Å². The van der Waals surface area contributed by atoms with E-state index in [1.807, 2.05) is 0 Å². The maximum absolute atomic E-state index is 9.71. The Bertz CT molecular complexity index is 381. The second kappa shape index (κ2) is 8.34. The molecule has 0 heterocycles. The second-order valence-electron chi connectivity index (χ2n) is 10.6. The van der Waals surface area contributed by atoms with E-state index in [0.717, 1.165) is 0 Å². The molecule has 0 aromatic carbocycles. The lowest BCUT2D eigenvalue weighted by Crippen LogP contribution is -2.49. The Morgan fingerprint density at radius 1 is 0.792 bits per heavy atom. The number of hydrogen-bond acceptors (Lipinski definition) is 3. The average molecular weight is 377 g/mol. The molecule has 0 saturated heterocycles. The normalized spacial score (nSPS) is 18.4. The first-order chi connectivity index (χ1) is 10.5. The quantitative estimate of drug-likeness (QED) is 0.555. The molecular formula is C19H44O3Si2. The molecule has 24 heavy (non-hydrogen) atoms. The molecule has 0 bridgehead atoms. The fourth-order valence-corrected chi connectivity index (χ4v) is 4.68. The van der Waals surface area contributed by atoms with Crippen LogP contribution < -0.4 is 0 Å². The molecule has 0 aliphatic heterocycles. The minimum Gasteiger partial charge on any atom is -0.416 e. The molecule has 3 nitrogen and oxygen atoms in total. The van der Waals surface area contributed by atoms with Gasteiger partial charge in [0, 0.05) is 25.0 Å². The third-order valence-electron chi connectivity index (χ3n) is 6.16. The standard InChI is InChI=1S/C19H44O3Si2/c1-15(13-20)17(22-24(11,12)19(6,7)8)16(2)14-21-23(9,10)18(3,4)5/h15-17,20H,13-14H2,1-12H3/t15?,16-,17-/m0/s1. The molecule has 5 heteroatoms. The van der Waals surface area contributed by atoms with E-state index >= 15 is 0 Å². The number of aliphatic hydroxyl groups is 1. The van der Waals surface area contributed by atoms with Crippen LogP contribution in [0.4, 0.5) is 0 Å². The van der Waals surface area contributed by atoms with Gasteiger partial charge in [0.15, 0.2) is 16.6 Å². The minimum atomic E-state index is -1.88. The van der Waals surface area contributed by atoms with Crippen molar-refractivity contribution in [2.75, 3.05) is 13.2 Å². The van der Waals surface area contributed by atoms with E-state index in [1.165, 1.54) is 0 Å². The van der Waals surface area contributed by atoms with Crippen molar-refractivity contribution >= 4 is 16.6 Å². The molecule has 0 fully saturated rings. The first-order valence-electron chi connectivity index (χ1n) is 9.39. The smallest absolute Gasteiger partial charge is 0.192 e. The van der Waals surface area contributed by atoms with E-state index in [4.69, 9.17) is 8.85 Å². The summed E-state index contributed by atoms with van der Waals surface area (Å²) in [4.78, 5) is 0. The Kier molecular flexibility index (Phi) is 8.45. The van der Waals surface area contributed by atoms with Crippen LogP contribution in [-0.2, 0) is 8.85 Å². The number of aliphatic hydroxyl groups excluding tert-OH is 1. The molecule has 1 unspecified atom stereocenters. The molecule has 0 radical (unpaired) electrons. The van der Waals surface area contributed by atoms with Gasteiger partial charge >= 0.3 is 0 Å². The summed E-state index contributed by atoms with van der Waals surface area (Å²) in [5, 5.41) is 10.1. The first kappa shape index (κ1) is 24.3. The largest absolute Gasteiger partial charge is 0.416 e. The Morgan fingerprint density at radius 3 is 1.54 bits per heavy atom. The Balaban J connectivity index is 5.15. The Hall–Kier alpha value is 0.314. The lowest BCUT2D eigenvalue weighted by Gasteiger charge is -2.43. The zero-order valence-corrected chi connectivity index (χ0v) is 20.4. The minimum absolute atomic E-state index is 0.0423. The van der Waals surface area contributed by atoms with Gasteiger partial charge in [-0.1, -0.05) is 55.4 Å². The van der Waals surface area contributed by atoms with E-state index in [9.17, 15) is 5.11 Å². The molecule has 146 valence electrons. The molecule has 3 atom stereocenters. The Labute approximate surface area is 153 Å². The highest BCUT2D eigenvalue weighted by Crippen LogP contribution is 2.40. The molecule has 0 aliphatic carbocycles. The third-order valence-corrected chi connectivity index (χ3v) is 15.1. The van der Waals surface area contributed by atoms with Crippen molar-refractivity contribution in [3.8, 4) is 0 Å². The van der Waals surface area contributed by atoms with Gasteiger partial charge in [0.1, 0.15) is 0 Å².